The standard InChI is InChI=1S/C14H15N3OS/c1-2-4-11-9(3-1)7-12(19-11)14-17-16-13(18-14)8-15-10-5-6-10/h1-4,10,12,15H,5-8H2. The van der Waals surface area contributed by atoms with Crippen molar-refractivity contribution in [3.63, 3.8) is 0 Å². The van der Waals surface area contributed by atoms with Crippen molar-refractivity contribution < 1.29 is 4.42 Å². The molecule has 19 heavy (non-hydrogen) atoms. The third kappa shape index (κ3) is 2.40. The number of aromatic nitrogens is 2. The average molecular weight is 273 g/mol. The summed E-state index contributed by atoms with van der Waals surface area (Å²) >= 11 is 1.82. The van der Waals surface area contributed by atoms with Gasteiger partial charge in [0.25, 0.3) is 0 Å². The van der Waals surface area contributed by atoms with Crippen molar-refractivity contribution in [3.05, 3.63) is 41.6 Å². The molecule has 1 aromatic heterocycles. The van der Waals surface area contributed by atoms with Crippen molar-refractivity contribution in [2.45, 2.75) is 42.0 Å². The highest BCUT2D eigenvalue weighted by Crippen LogP contribution is 2.45. The fraction of sp³-hybridized carbons (Fsp3) is 0.429. The number of fused-ring (bicyclic) bond motifs is 1. The molecule has 4 rings (SSSR count). The molecule has 1 aliphatic carbocycles. The van der Waals surface area contributed by atoms with Gasteiger partial charge in [-0.3, -0.25) is 0 Å². The van der Waals surface area contributed by atoms with Crippen LogP contribution in [0.4, 0.5) is 0 Å². The quantitative estimate of drug-likeness (QED) is 0.928. The normalized spacial score (nSPS) is 21.6. The van der Waals surface area contributed by atoms with Crippen LogP contribution in [0.5, 0.6) is 0 Å². The van der Waals surface area contributed by atoms with Gasteiger partial charge in [-0.25, -0.2) is 0 Å². The lowest BCUT2D eigenvalue weighted by Crippen LogP contribution is -2.15. The Hall–Kier alpha value is -1.33. The molecule has 4 nitrogen and oxygen atoms in total. The number of rotatable bonds is 4. The Morgan fingerprint density at radius 2 is 2.16 bits per heavy atom. The van der Waals surface area contributed by atoms with E-state index >= 15 is 0 Å². The number of nitrogens with zero attached hydrogens (tertiary/aromatic N) is 2. The smallest absolute Gasteiger partial charge is 0.230 e. The molecule has 0 saturated heterocycles. The van der Waals surface area contributed by atoms with E-state index in [4.69, 9.17) is 4.42 Å². The van der Waals surface area contributed by atoms with Gasteiger partial charge in [-0.05, 0) is 30.9 Å². The summed E-state index contributed by atoms with van der Waals surface area (Å²) in [7, 11) is 0. The highest BCUT2D eigenvalue weighted by molar-refractivity contribution is 7.99. The van der Waals surface area contributed by atoms with Crippen molar-refractivity contribution in [1.82, 2.24) is 15.5 Å². The summed E-state index contributed by atoms with van der Waals surface area (Å²) in [5.74, 6) is 1.47. The number of hydrogen-bond donors (Lipinski definition) is 1. The van der Waals surface area contributed by atoms with Gasteiger partial charge in [0.15, 0.2) is 0 Å². The molecule has 1 aromatic carbocycles. The molecule has 0 spiro atoms. The Labute approximate surface area is 116 Å². The lowest BCUT2D eigenvalue weighted by atomic mass is 10.1. The summed E-state index contributed by atoms with van der Waals surface area (Å²) in [4.78, 5) is 1.34. The molecule has 1 saturated carbocycles. The Morgan fingerprint density at radius 3 is 3.00 bits per heavy atom. The van der Waals surface area contributed by atoms with Gasteiger partial charge in [0.1, 0.15) is 0 Å². The largest absolute Gasteiger partial charge is 0.423 e. The van der Waals surface area contributed by atoms with E-state index in [-0.39, 0.29) is 5.25 Å². The van der Waals surface area contributed by atoms with Crippen molar-refractivity contribution in [2.75, 3.05) is 0 Å². The lowest BCUT2D eigenvalue weighted by molar-refractivity contribution is 0.429. The minimum atomic E-state index is 0.277. The van der Waals surface area contributed by atoms with Gasteiger partial charge in [-0.15, -0.1) is 22.0 Å². The monoisotopic (exact) mass is 273 g/mol. The maximum absolute atomic E-state index is 5.77. The van der Waals surface area contributed by atoms with Crippen molar-refractivity contribution in [1.29, 1.82) is 0 Å². The Morgan fingerprint density at radius 1 is 1.26 bits per heavy atom. The second kappa shape index (κ2) is 4.65. The fourth-order valence-corrected chi connectivity index (χ4v) is 3.53. The van der Waals surface area contributed by atoms with Gasteiger partial charge in [-0.1, -0.05) is 18.2 Å². The van der Waals surface area contributed by atoms with Crippen LogP contribution in [-0.2, 0) is 13.0 Å². The van der Waals surface area contributed by atoms with Crippen molar-refractivity contribution in [3.8, 4) is 0 Å². The molecule has 0 bridgehead atoms. The predicted molar refractivity (Wildman–Crippen MR) is 72.9 cm³/mol. The van der Waals surface area contributed by atoms with Crippen LogP contribution in [0, 0.1) is 0 Å². The van der Waals surface area contributed by atoms with E-state index in [1.807, 2.05) is 11.8 Å². The summed E-state index contributed by atoms with van der Waals surface area (Å²) in [6, 6.07) is 9.16. The molecule has 2 aromatic rings. The van der Waals surface area contributed by atoms with Gasteiger partial charge in [-0.2, -0.15) is 0 Å². The van der Waals surface area contributed by atoms with Crippen LogP contribution < -0.4 is 5.32 Å². The summed E-state index contributed by atoms with van der Waals surface area (Å²) in [6.07, 6.45) is 3.53. The molecule has 1 aliphatic heterocycles. The third-order valence-corrected chi connectivity index (χ3v) is 4.83. The third-order valence-electron chi connectivity index (χ3n) is 3.52. The molecule has 2 aliphatic rings. The summed E-state index contributed by atoms with van der Waals surface area (Å²) in [5, 5.41) is 12.0. The molecule has 1 N–H and O–H groups in total. The minimum Gasteiger partial charge on any atom is -0.423 e. The topological polar surface area (TPSA) is 51.0 Å². The number of hydrogen-bond acceptors (Lipinski definition) is 5. The van der Waals surface area contributed by atoms with Crippen LogP contribution in [0.1, 0.15) is 35.4 Å². The lowest BCUT2D eigenvalue weighted by Gasteiger charge is -2.01. The first kappa shape index (κ1) is 11.5. The van der Waals surface area contributed by atoms with Crippen molar-refractivity contribution in [2.24, 2.45) is 0 Å². The van der Waals surface area contributed by atoms with Gasteiger partial charge < -0.3 is 9.73 Å². The highest BCUT2D eigenvalue weighted by Gasteiger charge is 2.28. The van der Waals surface area contributed by atoms with Crippen LogP contribution in [0.3, 0.4) is 0 Å². The van der Waals surface area contributed by atoms with Crippen LogP contribution in [0.2, 0.25) is 0 Å². The average Bonchev–Trinajstić information content (AvgIpc) is 2.99. The van der Waals surface area contributed by atoms with Crippen LogP contribution >= 0.6 is 11.8 Å². The molecule has 98 valence electrons. The van der Waals surface area contributed by atoms with E-state index < -0.39 is 0 Å². The van der Waals surface area contributed by atoms with E-state index in [9.17, 15) is 0 Å². The maximum Gasteiger partial charge on any atom is 0.230 e. The minimum absolute atomic E-state index is 0.277. The fourth-order valence-electron chi connectivity index (χ4n) is 2.31. The summed E-state index contributed by atoms with van der Waals surface area (Å²) in [5.41, 5.74) is 1.38. The molecule has 1 unspecified atom stereocenters. The Balaban J connectivity index is 1.45. The molecule has 2 heterocycles. The number of nitrogens with one attached hydrogen (secondary N) is 1. The Bertz CT molecular complexity index is 569. The molecule has 5 heteroatoms. The van der Waals surface area contributed by atoms with E-state index in [0.717, 1.165) is 12.3 Å². The Kier molecular flexibility index (Phi) is 2.81. The first-order valence-electron chi connectivity index (χ1n) is 6.69. The summed E-state index contributed by atoms with van der Waals surface area (Å²) < 4.78 is 5.77. The van der Waals surface area contributed by atoms with E-state index in [1.165, 1.54) is 23.3 Å². The highest BCUT2D eigenvalue weighted by atomic mass is 32.2. The zero-order valence-corrected chi connectivity index (χ0v) is 11.3. The van der Waals surface area contributed by atoms with Gasteiger partial charge in [0.05, 0.1) is 11.8 Å². The first-order chi connectivity index (χ1) is 9.38. The molecule has 0 radical (unpaired) electrons. The van der Waals surface area contributed by atoms with Crippen molar-refractivity contribution >= 4 is 11.8 Å². The molecular weight excluding hydrogens is 258 g/mol. The second-order valence-corrected chi connectivity index (χ2v) is 6.35. The van der Waals surface area contributed by atoms with Crippen LogP contribution in [0.15, 0.2) is 33.6 Å². The van der Waals surface area contributed by atoms with Crippen LogP contribution in [-0.4, -0.2) is 16.2 Å². The summed E-state index contributed by atoms with van der Waals surface area (Å²) in [6.45, 7) is 0.696. The van der Waals surface area contributed by atoms with Gasteiger partial charge >= 0.3 is 0 Å². The van der Waals surface area contributed by atoms with E-state index in [0.29, 0.717) is 18.5 Å². The number of benzene rings is 1. The zero-order chi connectivity index (χ0) is 12.7. The predicted octanol–water partition coefficient (Wildman–Crippen LogP) is 2.71. The zero-order valence-electron chi connectivity index (χ0n) is 10.5. The second-order valence-electron chi connectivity index (χ2n) is 5.11. The van der Waals surface area contributed by atoms with E-state index in [2.05, 4.69) is 39.8 Å². The van der Waals surface area contributed by atoms with E-state index in [1.54, 1.807) is 0 Å². The molecule has 1 atom stereocenters. The molecular formula is C14H15N3OS. The maximum atomic E-state index is 5.77. The van der Waals surface area contributed by atoms with Gasteiger partial charge in [0, 0.05) is 10.9 Å². The first-order valence-corrected chi connectivity index (χ1v) is 7.57. The number of thioether (sulfide) groups is 1. The van der Waals surface area contributed by atoms with Gasteiger partial charge in [0.2, 0.25) is 11.8 Å². The SMILES string of the molecule is c1ccc2c(c1)CC(c1nnc(CNC3CC3)o1)S2. The molecule has 1 fully saturated rings. The van der Waals surface area contributed by atoms with Crippen LogP contribution in [0.25, 0.3) is 0 Å². The molecule has 0 amide bonds.